The molecule has 3 aromatic heterocycles. The molecule has 324 valence electrons. The van der Waals surface area contributed by atoms with Crippen LogP contribution < -0.4 is 9.30 Å². The maximum Gasteiger partial charge on any atom is 0.268 e. The van der Waals surface area contributed by atoms with Gasteiger partial charge in [-0.2, -0.15) is 18.2 Å². The molecular weight excluding hydrogens is 988 g/mol. The molecule has 8 aromatic carbocycles. The number of pyridine rings is 1. The fourth-order valence-electron chi connectivity index (χ4n) is 9.23. The summed E-state index contributed by atoms with van der Waals surface area (Å²) in [6, 6.07) is 73.2. The Morgan fingerprint density at radius 1 is 0.576 bits per heavy atom. The number of ether oxygens (including phenoxy) is 1. The first-order chi connectivity index (χ1) is 31.8. The molecule has 0 radical (unpaired) electrons. The van der Waals surface area contributed by atoms with Crippen molar-refractivity contribution in [3.8, 4) is 62.1 Å². The molecule has 0 amide bonds. The molecular formula is C60H46N4OPt-2. The molecule has 0 unspecified atom stereocenters. The summed E-state index contributed by atoms with van der Waals surface area (Å²) in [4.78, 5) is 4.94. The summed E-state index contributed by atoms with van der Waals surface area (Å²) in [6.07, 6.45) is 6.66. The number of imidazole rings is 1. The molecule has 0 fully saturated rings. The number of hydrogen-bond donors (Lipinski definition) is 0. The van der Waals surface area contributed by atoms with E-state index in [1.165, 1.54) is 11.1 Å². The number of nitrogens with zero attached hydrogens (tertiary/aromatic N) is 4. The minimum Gasteiger partial charge on any atom is -0.510 e. The second kappa shape index (κ2) is 17.6. The Morgan fingerprint density at radius 2 is 1.23 bits per heavy atom. The van der Waals surface area contributed by atoms with Gasteiger partial charge in [0.25, 0.3) is 6.33 Å². The molecule has 11 aromatic rings. The van der Waals surface area contributed by atoms with Gasteiger partial charge in [-0.3, -0.25) is 4.57 Å². The quantitative estimate of drug-likeness (QED) is 0.107. The SMILES string of the molecule is Cc1cccc2c1[n+](-c1c(-c3ccccc3)cccc1-c1ccccc1)[c-]n2-c1[c-]c(Oc2[c-]c3c(cc2)c2cc(-c4ccccc4)ccc2n3-c2cc(CC(C)(C)C)ccn2)ccc1.[Pt]. The van der Waals surface area contributed by atoms with Crippen molar-refractivity contribution in [3.05, 3.63) is 224 Å². The van der Waals surface area contributed by atoms with Crippen molar-refractivity contribution in [1.82, 2.24) is 14.1 Å². The third kappa shape index (κ3) is 8.05. The van der Waals surface area contributed by atoms with Gasteiger partial charge in [0.1, 0.15) is 5.82 Å². The van der Waals surface area contributed by atoms with E-state index in [1.54, 1.807) is 0 Å². The molecule has 0 atom stereocenters. The average Bonchev–Trinajstić information content (AvgIpc) is 3.88. The Labute approximate surface area is 400 Å². The van der Waals surface area contributed by atoms with Gasteiger partial charge in [0.2, 0.25) is 0 Å². The normalized spacial score (nSPS) is 11.6. The van der Waals surface area contributed by atoms with Crippen molar-refractivity contribution >= 4 is 32.8 Å². The zero-order chi connectivity index (χ0) is 44.1. The Balaban J connectivity index is 0.00000511. The number of benzene rings is 8. The van der Waals surface area contributed by atoms with Gasteiger partial charge in [0, 0.05) is 44.3 Å². The van der Waals surface area contributed by atoms with Crippen molar-refractivity contribution in [2.75, 3.05) is 0 Å². The third-order valence-corrected chi connectivity index (χ3v) is 12.1. The summed E-state index contributed by atoms with van der Waals surface area (Å²) in [5.74, 6) is 2.01. The summed E-state index contributed by atoms with van der Waals surface area (Å²) < 4.78 is 13.3. The molecule has 66 heavy (non-hydrogen) atoms. The van der Waals surface area contributed by atoms with Crippen molar-refractivity contribution < 1.29 is 30.4 Å². The van der Waals surface area contributed by atoms with Crippen molar-refractivity contribution in [1.29, 1.82) is 0 Å². The molecule has 5 nitrogen and oxygen atoms in total. The van der Waals surface area contributed by atoms with Crippen molar-refractivity contribution in [2.45, 2.75) is 34.1 Å². The second-order valence-corrected chi connectivity index (χ2v) is 17.9. The van der Waals surface area contributed by atoms with Crippen LogP contribution in [0.5, 0.6) is 11.5 Å². The number of aromatic nitrogens is 4. The average molecular weight is 1030 g/mol. The summed E-state index contributed by atoms with van der Waals surface area (Å²) in [5, 5.41) is 2.20. The van der Waals surface area contributed by atoms with E-state index in [0.717, 1.165) is 89.8 Å². The molecule has 0 N–H and O–H groups in total. The third-order valence-electron chi connectivity index (χ3n) is 12.1. The van der Waals surface area contributed by atoms with E-state index in [2.05, 4.69) is 230 Å². The smallest absolute Gasteiger partial charge is 0.268 e. The first-order valence-electron chi connectivity index (χ1n) is 22.2. The van der Waals surface area contributed by atoms with Crippen molar-refractivity contribution in [2.24, 2.45) is 5.41 Å². The predicted octanol–water partition coefficient (Wildman–Crippen LogP) is 14.5. The number of fused-ring (bicyclic) bond motifs is 4. The van der Waals surface area contributed by atoms with Gasteiger partial charge in [-0.15, -0.1) is 29.7 Å². The van der Waals surface area contributed by atoms with Gasteiger partial charge in [0.15, 0.2) is 0 Å². The summed E-state index contributed by atoms with van der Waals surface area (Å²) in [7, 11) is 0. The Bertz CT molecular complexity index is 3470. The number of rotatable bonds is 9. The molecule has 6 heteroatoms. The van der Waals surface area contributed by atoms with E-state index in [0.29, 0.717) is 11.5 Å². The number of hydrogen-bond acceptors (Lipinski definition) is 2. The number of para-hydroxylation sites is 2. The zero-order valence-electron chi connectivity index (χ0n) is 37.2. The zero-order valence-corrected chi connectivity index (χ0v) is 39.5. The second-order valence-electron chi connectivity index (χ2n) is 17.9. The van der Waals surface area contributed by atoms with Gasteiger partial charge in [0.05, 0.1) is 16.7 Å². The van der Waals surface area contributed by atoms with Gasteiger partial charge in [-0.1, -0.05) is 166 Å². The molecule has 0 aliphatic carbocycles. The fraction of sp³-hybridized carbons (Fsp3) is 0.100. The minimum absolute atomic E-state index is 0. The summed E-state index contributed by atoms with van der Waals surface area (Å²) in [5.41, 5.74) is 15.2. The van der Waals surface area contributed by atoms with Crippen LogP contribution in [0.4, 0.5) is 0 Å². The van der Waals surface area contributed by atoms with E-state index >= 15 is 0 Å². The minimum atomic E-state index is 0. The maximum atomic E-state index is 6.72. The molecule has 0 aliphatic heterocycles. The Hall–Kier alpha value is -7.33. The van der Waals surface area contributed by atoms with Gasteiger partial charge in [-0.25, -0.2) is 4.98 Å². The van der Waals surface area contributed by atoms with Crippen LogP contribution in [0.2, 0.25) is 0 Å². The van der Waals surface area contributed by atoms with Crippen LogP contribution in [0, 0.1) is 30.8 Å². The van der Waals surface area contributed by atoms with E-state index in [9.17, 15) is 0 Å². The van der Waals surface area contributed by atoms with Gasteiger partial charge < -0.3 is 13.9 Å². The maximum absolute atomic E-state index is 6.72. The molecule has 11 rings (SSSR count). The van der Waals surface area contributed by atoms with Crippen LogP contribution in [0.1, 0.15) is 31.9 Å². The first-order valence-corrected chi connectivity index (χ1v) is 22.2. The summed E-state index contributed by atoms with van der Waals surface area (Å²) >= 11 is 0. The largest absolute Gasteiger partial charge is 0.510 e. The molecule has 0 saturated carbocycles. The van der Waals surface area contributed by atoms with Crippen LogP contribution in [0.25, 0.3) is 83.4 Å². The van der Waals surface area contributed by atoms with E-state index in [1.807, 2.05) is 24.4 Å². The fourth-order valence-corrected chi connectivity index (χ4v) is 9.23. The van der Waals surface area contributed by atoms with Crippen LogP contribution >= 0.6 is 0 Å². The molecule has 0 saturated heterocycles. The topological polar surface area (TPSA) is 35.9 Å². The van der Waals surface area contributed by atoms with Crippen molar-refractivity contribution in [3.63, 3.8) is 0 Å². The molecule has 0 aliphatic rings. The van der Waals surface area contributed by atoms with Crippen LogP contribution in [-0.2, 0) is 27.5 Å². The molecule has 0 bridgehead atoms. The predicted molar refractivity (Wildman–Crippen MR) is 264 cm³/mol. The standard InChI is InChI=1S/C60H46N4O.Pt/c1-41-17-14-28-55-58(41)63(59-50(44-20-10-6-11-21-44)26-16-27-51(59)45-22-12-7-13-23-45)40-62(55)47-24-15-25-48(37-47)65-49-30-31-52-53-36-46(43-18-8-5-9-19-43)29-32-54(53)64(56(52)38-49)57-35-42(33-34-61-57)39-60(2,3)4;/h5-36H,39H2,1-4H3;/q-2;. The van der Waals surface area contributed by atoms with Crippen LogP contribution in [0.15, 0.2) is 194 Å². The first kappa shape index (κ1) is 42.6. The van der Waals surface area contributed by atoms with Gasteiger partial charge in [-0.05, 0) is 92.5 Å². The van der Waals surface area contributed by atoms with Crippen LogP contribution in [-0.4, -0.2) is 14.1 Å². The van der Waals surface area contributed by atoms with E-state index < -0.39 is 0 Å². The van der Waals surface area contributed by atoms with E-state index in [-0.39, 0.29) is 26.5 Å². The monoisotopic (exact) mass is 1030 g/mol. The van der Waals surface area contributed by atoms with Gasteiger partial charge >= 0.3 is 0 Å². The van der Waals surface area contributed by atoms with E-state index in [4.69, 9.17) is 9.72 Å². The summed E-state index contributed by atoms with van der Waals surface area (Å²) in [6.45, 7) is 8.97. The Kier molecular flexibility index (Phi) is 11.3. The molecule has 3 heterocycles. The number of aryl methyl sites for hydroxylation is 1. The van der Waals surface area contributed by atoms with Crippen LogP contribution in [0.3, 0.4) is 0 Å². The Morgan fingerprint density at radius 3 is 1.92 bits per heavy atom. The molecule has 0 spiro atoms.